The molecule has 1 aliphatic heterocycles. The fourth-order valence-corrected chi connectivity index (χ4v) is 3.62. The molecule has 0 amide bonds. The summed E-state index contributed by atoms with van der Waals surface area (Å²) in [5.74, 6) is 0. The zero-order valence-corrected chi connectivity index (χ0v) is 11.0. The molecule has 1 aromatic rings. The lowest BCUT2D eigenvalue weighted by Crippen LogP contribution is -2.38. The number of hydrogen-bond acceptors (Lipinski definition) is 3. The van der Waals surface area contributed by atoms with Gasteiger partial charge in [-0.25, -0.2) is 0 Å². The quantitative estimate of drug-likeness (QED) is 0.748. The Labute approximate surface area is 109 Å². The fourth-order valence-electron chi connectivity index (χ4n) is 3.62. The van der Waals surface area contributed by atoms with Crippen LogP contribution in [0.1, 0.15) is 38.5 Å². The van der Waals surface area contributed by atoms with Gasteiger partial charge in [0.05, 0.1) is 11.4 Å². The zero-order chi connectivity index (χ0) is 12.6. The molecule has 98 valence electrons. The highest BCUT2D eigenvalue weighted by Gasteiger charge is 2.36. The monoisotopic (exact) mass is 245 g/mol. The van der Waals surface area contributed by atoms with Crippen LogP contribution in [-0.4, -0.2) is 13.1 Å². The fraction of sp³-hybridized carbons (Fsp3) is 0.600. The average Bonchev–Trinajstić information content (AvgIpc) is 2.82. The first-order chi connectivity index (χ1) is 8.69. The highest BCUT2D eigenvalue weighted by atomic mass is 15.1. The largest absolute Gasteiger partial charge is 0.397 e. The minimum atomic E-state index is 0.676. The molecule has 3 heteroatoms. The molecule has 3 rings (SSSR count). The summed E-state index contributed by atoms with van der Waals surface area (Å²) in [5, 5.41) is 0. The van der Waals surface area contributed by atoms with E-state index in [0.29, 0.717) is 16.8 Å². The summed E-state index contributed by atoms with van der Waals surface area (Å²) in [4.78, 5) is 2.46. The van der Waals surface area contributed by atoms with E-state index in [4.69, 9.17) is 11.5 Å². The number of nitrogens with zero attached hydrogens (tertiary/aromatic N) is 1. The van der Waals surface area contributed by atoms with Gasteiger partial charge in [0.15, 0.2) is 0 Å². The van der Waals surface area contributed by atoms with E-state index in [1.54, 1.807) is 0 Å². The van der Waals surface area contributed by atoms with Gasteiger partial charge >= 0.3 is 0 Å². The van der Waals surface area contributed by atoms with E-state index in [2.05, 4.69) is 11.0 Å². The van der Waals surface area contributed by atoms with E-state index in [0.717, 1.165) is 0 Å². The summed E-state index contributed by atoms with van der Waals surface area (Å²) < 4.78 is 0. The molecule has 0 aromatic heterocycles. The van der Waals surface area contributed by atoms with Gasteiger partial charge < -0.3 is 16.4 Å². The summed E-state index contributed by atoms with van der Waals surface area (Å²) in [6.07, 6.45) is 8.47. The van der Waals surface area contributed by atoms with E-state index < -0.39 is 0 Å². The number of nitrogens with two attached hydrogens (primary N) is 2. The summed E-state index contributed by atoms with van der Waals surface area (Å²) in [6.45, 7) is 2.34. The Balaban J connectivity index is 1.70. The lowest BCUT2D eigenvalue weighted by atomic mass is 9.77. The van der Waals surface area contributed by atoms with E-state index >= 15 is 0 Å². The molecule has 4 N–H and O–H groups in total. The highest BCUT2D eigenvalue weighted by molar-refractivity contribution is 5.69. The van der Waals surface area contributed by atoms with Gasteiger partial charge in [-0.2, -0.15) is 0 Å². The Morgan fingerprint density at radius 3 is 2.17 bits per heavy atom. The number of benzene rings is 1. The molecule has 1 saturated heterocycles. The van der Waals surface area contributed by atoms with Gasteiger partial charge in [0.25, 0.3) is 0 Å². The van der Waals surface area contributed by atoms with Gasteiger partial charge in [0.1, 0.15) is 0 Å². The van der Waals surface area contributed by atoms with Crippen molar-refractivity contribution in [1.29, 1.82) is 0 Å². The lowest BCUT2D eigenvalue weighted by Gasteiger charge is -2.40. The van der Waals surface area contributed by atoms with Crippen LogP contribution >= 0.6 is 0 Å². The molecule has 1 aliphatic carbocycles. The van der Waals surface area contributed by atoms with Crippen LogP contribution in [-0.2, 0) is 0 Å². The molecular formula is C15H23N3. The van der Waals surface area contributed by atoms with Crippen molar-refractivity contribution in [2.75, 3.05) is 29.5 Å². The molecule has 0 bridgehead atoms. The number of hydrogen-bond donors (Lipinski definition) is 2. The van der Waals surface area contributed by atoms with Gasteiger partial charge in [-0.15, -0.1) is 0 Å². The molecule has 18 heavy (non-hydrogen) atoms. The van der Waals surface area contributed by atoms with Crippen molar-refractivity contribution in [2.24, 2.45) is 5.41 Å². The van der Waals surface area contributed by atoms with Crippen molar-refractivity contribution in [3.8, 4) is 0 Å². The second-order valence-electron chi connectivity index (χ2n) is 6.01. The number of nitrogen functional groups attached to an aromatic ring is 2. The third-order valence-electron chi connectivity index (χ3n) is 4.92. The number of piperidine rings is 1. The highest BCUT2D eigenvalue weighted by Crippen LogP contribution is 2.46. The molecule has 1 spiro atoms. The normalized spacial score (nSPS) is 22.6. The van der Waals surface area contributed by atoms with Gasteiger partial charge in [0.2, 0.25) is 0 Å². The van der Waals surface area contributed by atoms with Crippen LogP contribution in [0.4, 0.5) is 17.1 Å². The summed E-state index contributed by atoms with van der Waals surface area (Å²) in [5.41, 5.74) is 15.0. The van der Waals surface area contributed by atoms with E-state index in [1.807, 2.05) is 12.1 Å². The van der Waals surface area contributed by atoms with Gasteiger partial charge in [0, 0.05) is 18.8 Å². The van der Waals surface area contributed by atoms with Crippen molar-refractivity contribution in [1.82, 2.24) is 0 Å². The zero-order valence-electron chi connectivity index (χ0n) is 11.0. The standard InChI is InChI=1S/C15H23N3/c16-13-4-3-12(11-14(13)17)18-9-7-15(8-10-18)5-1-2-6-15/h3-4,11H,1-2,5-10,16-17H2. The van der Waals surface area contributed by atoms with Crippen LogP contribution in [0, 0.1) is 5.41 Å². The maximum atomic E-state index is 5.89. The van der Waals surface area contributed by atoms with Gasteiger partial charge in [-0.3, -0.25) is 0 Å². The Morgan fingerprint density at radius 1 is 0.889 bits per heavy atom. The van der Waals surface area contributed by atoms with Gasteiger partial charge in [-0.05, 0) is 49.3 Å². The molecule has 3 nitrogen and oxygen atoms in total. The first-order valence-corrected chi connectivity index (χ1v) is 7.09. The first kappa shape index (κ1) is 11.7. The van der Waals surface area contributed by atoms with Crippen molar-refractivity contribution in [2.45, 2.75) is 38.5 Å². The molecule has 0 atom stereocenters. The number of rotatable bonds is 1. The molecule has 1 heterocycles. The third-order valence-corrected chi connectivity index (χ3v) is 4.92. The predicted octanol–water partition coefficient (Wildman–Crippen LogP) is 3.01. The minimum Gasteiger partial charge on any atom is -0.397 e. The van der Waals surface area contributed by atoms with Crippen molar-refractivity contribution < 1.29 is 0 Å². The third kappa shape index (κ3) is 2.02. The van der Waals surface area contributed by atoms with E-state index in [9.17, 15) is 0 Å². The van der Waals surface area contributed by atoms with Crippen LogP contribution in [0.3, 0.4) is 0 Å². The Kier molecular flexibility index (Phi) is 2.84. The maximum Gasteiger partial charge on any atom is 0.0568 e. The van der Waals surface area contributed by atoms with Crippen LogP contribution in [0.15, 0.2) is 18.2 Å². The molecule has 2 aliphatic rings. The molecule has 0 unspecified atom stereocenters. The van der Waals surface area contributed by atoms with Crippen LogP contribution in [0.2, 0.25) is 0 Å². The van der Waals surface area contributed by atoms with Gasteiger partial charge in [-0.1, -0.05) is 12.8 Å². The van der Waals surface area contributed by atoms with Crippen LogP contribution in [0.25, 0.3) is 0 Å². The second-order valence-corrected chi connectivity index (χ2v) is 6.01. The second kappa shape index (κ2) is 4.38. The van der Waals surface area contributed by atoms with Crippen molar-refractivity contribution >= 4 is 17.1 Å². The minimum absolute atomic E-state index is 0.676. The first-order valence-electron chi connectivity index (χ1n) is 7.09. The molecule has 2 fully saturated rings. The summed E-state index contributed by atoms with van der Waals surface area (Å²) in [6, 6.07) is 6.03. The molecule has 1 aromatic carbocycles. The predicted molar refractivity (Wildman–Crippen MR) is 77.6 cm³/mol. The van der Waals surface area contributed by atoms with E-state index in [-0.39, 0.29) is 0 Å². The summed E-state index contributed by atoms with van der Waals surface area (Å²) >= 11 is 0. The number of anilines is 3. The van der Waals surface area contributed by atoms with Crippen LogP contribution in [0.5, 0.6) is 0 Å². The Morgan fingerprint density at radius 2 is 1.56 bits per heavy atom. The van der Waals surface area contributed by atoms with Crippen LogP contribution < -0.4 is 16.4 Å². The summed E-state index contributed by atoms with van der Waals surface area (Å²) in [7, 11) is 0. The van der Waals surface area contributed by atoms with Crippen molar-refractivity contribution in [3.05, 3.63) is 18.2 Å². The molecular weight excluding hydrogens is 222 g/mol. The maximum absolute atomic E-state index is 5.89. The smallest absolute Gasteiger partial charge is 0.0568 e. The Hall–Kier alpha value is -1.38. The average molecular weight is 245 g/mol. The SMILES string of the molecule is Nc1ccc(N2CCC3(CCCC3)CC2)cc1N. The topological polar surface area (TPSA) is 55.3 Å². The molecule has 1 saturated carbocycles. The Bertz CT molecular complexity index is 425. The van der Waals surface area contributed by atoms with Crippen molar-refractivity contribution in [3.63, 3.8) is 0 Å². The van der Waals surface area contributed by atoms with E-state index in [1.165, 1.54) is 57.3 Å². The lowest BCUT2D eigenvalue weighted by molar-refractivity contribution is 0.226. The molecule has 0 radical (unpaired) electrons.